The molecule has 0 fully saturated rings. The molecule has 0 N–H and O–H groups in total. The average molecular weight is 264 g/mol. The fraction of sp³-hybridized carbons (Fsp3) is 0.222. The van der Waals surface area contributed by atoms with Gasteiger partial charge in [0.05, 0.1) is 5.39 Å². The molecular formula is C18H18NO+. The number of rotatable bonds is 3. The Morgan fingerprint density at radius 2 is 1.90 bits per heavy atom. The van der Waals surface area contributed by atoms with Crippen LogP contribution >= 0.6 is 0 Å². The van der Waals surface area contributed by atoms with Crippen molar-refractivity contribution < 1.29 is 9.20 Å². The lowest BCUT2D eigenvalue weighted by Gasteiger charge is -2.10. The minimum Gasteiger partial charge on any atom is -0.298 e. The molecule has 2 heteroatoms. The summed E-state index contributed by atoms with van der Waals surface area (Å²) < 4.78 is 2.26. The highest BCUT2D eigenvalue weighted by atomic mass is 16.1. The summed E-state index contributed by atoms with van der Waals surface area (Å²) in [5.41, 5.74) is 4.54. The molecule has 0 radical (unpaired) electrons. The van der Waals surface area contributed by atoms with Crippen LogP contribution in [-0.4, -0.2) is 6.29 Å². The second kappa shape index (κ2) is 5.04. The van der Waals surface area contributed by atoms with Crippen molar-refractivity contribution in [1.29, 1.82) is 0 Å². The predicted molar refractivity (Wildman–Crippen MR) is 81.3 cm³/mol. The molecule has 0 amide bonds. The molecule has 0 bridgehead atoms. The standard InChI is InChI=1S/C18H18NO/c1-3-14-16(4-2)19-11-6-5-10-17(19)15-9-7-8-13(12-20)18(14)15/h5-12H,3-4H2,1-2H3/q+1. The lowest BCUT2D eigenvalue weighted by atomic mass is 9.95. The third-order valence-corrected chi connectivity index (χ3v) is 3.99. The second-order valence-corrected chi connectivity index (χ2v) is 4.98. The van der Waals surface area contributed by atoms with Crippen molar-refractivity contribution in [3.8, 4) is 0 Å². The van der Waals surface area contributed by atoms with Gasteiger partial charge >= 0.3 is 0 Å². The number of nitrogens with zero attached hydrogens (tertiary/aromatic N) is 1. The maximum atomic E-state index is 11.4. The number of aldehydes is 1. The number of hydrogen-bond acceptors (Lipinski definition) is 1. The number of pyridine rings is 2. The lowest BCUT2D eigenvalue weighted by molar-refractivity contribution is -0.521. The molecule has 100 valence electrons. The summed E-state index contributed by atoms with van der Waals surface area (Å²) in [7, 11) is 0. The molecule has 3 aromatic rings. The van der Waals surface area contributed by atoms with Crippen LogP contribution in [0.5, 0.6) is 0 Å². The predicted octanol–water partition coefficient (Wildman–Crippen LogP) is 3.52. The van der Waals surface area contributed by atoms with Crippen molar-refractivity contribution in [1.82, 2.24) is 0 Å². The molecule has 0 aliphatic carbocycles. The Morgan fingerprint density at radius 1 is 1.05 bits per heavy atom. The first kappa shape index (κ1) is 12.8. The van der Waals surface area contributed by atoms with Crippen LogP contribution in [0.4, 0.5) is 0 Å². The van der Waals surface area contributed by atoms with Crippen LogP contribution in [0.1, 0.15) is 35.5 Å². The maximum Gasteiger partial charge on any atom is 0.218 e. The van der Waals surface area contributed by atoms with E-state index in [0.717, 1.165) is 35.5 Å². The van der Waals surface area contributed by atoms with E-state index < -0.39 is 0 Å². The summed E-state index contributed by atoms with van der Waals surface area (Å²) in [6.45, 7) is 4.33. The average Bonchev–Trinajstić information content (AvgIpc) is 2.52. The molecule has 0 aliphatic rings. The van der Waals surface area contributed by atoms with E-state index in [2.05, 4.69) is 42.6 Å². The normalized spacial score (nSPS) is 11.1. The van der Waals surface area contributed by atoms with E-state index in [1.54, 1.807) is 0 Å². The van der Waals surface area contributed by atoms with Crippen molar-refractivity contribution in [3.63, 3.8) is 0 Å². The first-order chi connectivity index (χ1) is 9.81. The van der Waals surface area contributed by atoms with Crippen LogP contribution in [0.3, 0.4) is 0 Å². The molecule has 0 saturated carbocycles. The summed E-state index contributed by atoms with van der Waals surface area (Å²) in [6.07, 6.45) is 4.97. The Hall–Kier alpha value is -2.22. The van der Waals surface area contributed by atoms with Crippen molar-refractivity contribution >= 4 is 22.6 Å². The number of fused-ring (bicyclic) bond motifs is 3. The van der Waals surface area contributed by atoms with Gasteiger partial charge in [-0.05, 0) is 18.6 Å². The Bertz CT molecular complexity index is 805. The van der Waals surface area contributed by atoms with Gasteiger partial charge in [-0.1, -0.05) is 26.0 Å². The van der Waals surface area contributed by atoms with Gasteiger partial charge in [0.15, 0.2) is 18.2 Å². The number of hydrogen-bond donors (Lipinski definition) is 0. The number of carbonyl (C=O) groups is 1. The van der Waals surface area contributed by atoms with E-state index >= 15 is 0 Å². The van der Waals surface area contributed by atoms with Crippen LogP contribution < -0.4 is 4.40 Å². The highest BCUT2D eigenvalue weighted by Gasteiger charge is 2.20. The molecule has 3 rings (SSSR count). The number of aryl methyl sites for hydroxylation is 2. The Kier molecular flexibility index (Phi) is 3.23. The molecule has 1 aromatic carbocycles. The van der Waals surface area contributed by atoms with Gasteiger partial charge in [0.25, 0.3) is 0 Å². The highest BCUT2D eigenvalue weighted by molar-refractivity contribution is 6.05. The first-order valence-electron chi connectivity index (χ1n) is 7.13. The molecule has 0 aliphatic heterocycles. The molecule has 0 saturated heterocycles. The Morgan fingerprint density at radius 3 is 2.60 bits per heavy atom. The van der Waals surface area contributed by atoms with Gasteiger partial charge in [-0.2, -0.15) is 4.40 Å². The third kappa shape index (κ3) is 1.72. The minimum atomic E-state index is 0.792. The second-order valence-electron chi connectivity index (χ2n) is 4.98. The van der Waals surface area contributed by atoms with Crippen molar-refractivity contribution in [2.45, 2.75) is 26.7 Å². The highest BCUT2D eigenvalue weighted by Crippen LogP contribution is 2.27. The molecule has 0 unspecified atom stereocenters. The van der Waals surface area contributed by atoms with Gasteiger partial charge in [0.2, 0.25) is 5.52 Å². The molecule has 2 nitrogen and oxygen atoms in total. The topological polar surface area (TPSA) is 21.2 Å². The van der Waals surface area contributed by atoms with Gasteiger partial charge in [0, 0.05) is 35.1 Å². The van der Waals surface area contributed by atoms with Crippen molar-refractivity contribution in [2.24, 2.45) is 0 Å². The van der Waals surface area contributed by atoms with E-state index in [1.165, 1.54) is 16.8 Å². The van der Waals surface area contributed by atoms with Crippen LogP contribution in [0, 0.1) is 0 Å². The SMILES string of the molecule is CCc1c(CC)[n+]2ccccc2c2cccc(C=O)c12. The zero-order valence-electron chi connectivity index (χ0n) is 11.9. The van der Waals surface area contributed by atoms with Gasteiger partial charge in [-0.3, -0.25) is 4.79 Å². The monoisotopic (exact) mass is 264 g/mol. The Balaban J connectivity index is 2.65. The van der Waals surface area contributed by atoms with Crippen LogP contribution in [-0.2, 0) is 12.8 Å². The molecule has 2 heterocycles. The van der Waals surface area contributed by atoms with Crippen molar-refractivity contribution in [2.75, 3.05) is 0 Å². The largest absolute Gasteiger partial charge is 0.298 e. The fourth-order valence-electron chi connectivity index (χ4n) is 3.17. The molecule has 0 atom stereocenters. The van der Waals surface area contributed by atoms with Crippen LogP contribution in [0.25, 0.3) is 16.3 Å². The fourth-order valence-corrected chi connectivity index (χ4v) is 3.17. The van der Waals surface area contributed by atoms with Gasteiger partial charge < -0.3 is 0 Å². The molecule has 20 heavy (non-hydrogen) atoms. The quantitative estimate of drug-likeness (QED) is 0.403. The number of carbonyl (C=O) groups excluding carboxylic acids is 1. The van der Waals surface area contributed by atoms with E-state index in [1.807, 2.05) is 18.2 Å². The summed E-state index contributed by atoms with van der Waals surface area (Å²) in [4.78, 5) is 11.4. The van der Waals surface area contributed by atoms with Crippen molar-refractivity contribution in [3.05, 3.63) is 59.4 Å². The zero-order chi connectivity index (χ0) is 14.1. The van der Waals surface area contributed by atoms with Crippen LogP contribution in [0.15, 0.2) is 42.6 Å². The number of aromatic nitrogens is 1. The summed E-state index contributed by atoms with van der Waals surface area (Å²) >= 11 is 0. The maximum absolute atomic E-state index is 11.4. The summed E-state index contributed by atoms with van der Waals surface area (Å²) in [5.74, 6) is 0. The minimum absolute atomic E-state index is 0.792. The Labute approximate surface area is 118 Å². The lowest BCUT2D eigenvalue weighted by Crippen LogP contribution is -2.29. The van der Waals surface area contributed by atoms with Gasteiger partial charge in [-0.25, -0.2) is 0 Å². The first-order valence-corrected chi connectivity index (χ1v) is 7.13. The third-order valence-electron chi connectivity index (χ3n) is 3.99. The van der Waals surface area contributed by atoms with Gasteiger partial charge in [-0.15, -0.1) is 0 Å². The summed E-state index contributed by atoms with van der Waals surface area (Å²) in [5, 5.41) is 2.28. The smallest absolute Gasteiger partial charge is 0.218 e. The van der Waals surface area contributed by atoms with Gasteiger partial charge in [0.1, 0.15) is 0 Å². The van der Waals surface area contributed by atoms with Crippen LogP contribution in [0.2, 0.25) is 0 Å². The molecule has 2 aromatic heterocycles. The van der Waals surface area contributed by atoms with E-state index in [0.29, 0.717) is 0 Å². The number of benzene rings is 1. The summed E-state index contributed by atoms with van der Waals surface area (Å²) in [6, 6.07) is 12.2. The molecule has 0 spiro atoms. The van der Waals surface area contributed by atoms with E-state index in [9.17, 15) is 4.79 Å². The zero-order valence-corrected chi connectivity index (χ0v) is 11.9. The van der Waals surface area contributed by atoms with E-state index in [-0.39, 0.29) is 0 Å². The molecular weight excluding hydrogens is 246 g/mol. The van der Waals surface area contributed by atoms with E-state index in [4.69, 9.17) is 0 Å².